The maximum atomic E-state index is 11.0. The van der Waals surface area contributed by atoms with Crippen molar-refractivity contribution in [3.8, 4) is 0 Å². The van der Waals surface area contributed by atoms with E-state index >= 15 is 0 Å². The Labute approximate surface area is 118 Å². The molecule has 20 heavy (non-hydrogen) atoms. The molecule has 1 heterocycles. The van der Waals surface area contributed by atoms with Crippen molar-refractivity contribution in [2.75, 3.05) is 13.7 Å². The van der Waals surface area contributed by atoms with Crippen LogP contribution in [0.1, 0.15) is 50.3 Å². The van der Waals surface area contributed by atoms with E-state index in [-0.39, 0.29) is 11.8 Å². The molecule has 0 radical (unpaired) electrons. The van der Waals surface area contributed by atoms with Crippen molar-refractivity contribution in [1.82, 2.24) is 10.2 Å². The lowest BCUT2D eigenvalue weighted by Crippen LogP contribution is -2.24. The summed E-state index contributed by atoms with van der Waals surface area (Å²) in [6.07, 6.45) is 6.35. The fraction of sp³-hybridized carbons (Fsp3) is 0.786. The summed E-state index contributed by atoms with van der Waals surface area (Å²) < 4.78 is 10.6. The molecule has 0 unspecified atom stereocenters. The van der Waals surface area contributed by atoms with Gasteiger partial charge >= 0.3 is 5.97 Å². The Kier molecular flexibility index (Phi) is 5.11. The van der Waals surface area contributed by atoms with Gasteiger partial charge in [-0.2, -0.15) is 0 Å². The molecule has 112 valence electrons. The third-order valence-corrected chi connectivity index (χ3v) is 3.96. The van der Waals surface area contributed by atoms with Crippen molar-refractivity contribution in [2.24, 2.45) is 5.41 Å². The minimum absolute atomic E-state index is 0.189. The van der Waals surface area contributed by atoms with E-state index in [0.29, 0.717) is 31.2 Å². The Hall–Kier alpha value is -1.43. The minimum Gasteiger partial charge on any atom is -0.481 e. The van der Waals surface area contributed by atoms with E-state index < -0.39 is 5.97 Å². The first kappa shape index (κ1) is 15.0. The van der Waals surface area contributed by atoms with E-state index in [1.165, 1.54) is 0 Å². The molecule has 2 rings (SSSR count). The molecule has 1 aromatic rings. The lowest BCUT2D eigenvalue weighted by atomic mass is 9.79. The van der Waals surface area contributed by atoms with Gasteiger partial charge in [0.05, 0.1) is 6.42 Å². The minimum atomic E-state index is -0.744. The number of aliphatic carboxylic acids is 1. The van der Waals surface area contributed by atoms with Crippen LogP contribution >= 0.6 is 0 Å². The van der Waals surface area contributed by atoms with E-state index in [4.69, 9.17) is 14.3 Å². The number of carbonyl (C=O) groups is 1. The molecule has 0 aromatic carbocycles. The summed E-state index contributed by atoms with van der Waals surface area (Å²) in [6.45, 7) is 0.667. The highest BCUT2D eigenvalue weighted by atomic mass is 16.5. The maximum Gasteiger partial charge on any atom is 0.303 e. The lowest BCUT2D eigenvalue weighted by Gasteiger charge is -2.24. The topological polar surface area (TPSA) is 85.5 Å². The fourth-order valence-electron chi connectivity index (χ4n) is 3.01. The van der Waals surface area contributed by atoms with Crippen LogP contribution in [-0.2, 0) is 22.4 Å². The van der Waals surface area contributed by atoms with E-state index in [1.54, 1.807) is 7.11 Å². The summed E-state index contributed by atoms with van der Waals surface area (Å²) >= 11 is 0. The smallest absolute Gasteiger partial charge is 0.303 e. The first-order valence-corrected chi connectivity index (χ1v) is 7.15. The highest BCUT2D eigenvalue weighted by Gasteiger charge is 2.37. The summed E-state index contributed by atoms with van der Waals surface area (Å²) in [5, 5.41) is 17.2. The average Bonchev–Trinajstić information content (AvgIpc) is 3.00. The van der Waals surface area contributed by atoms with Gasteiger partial charge in [0.25, 0.3) is 0 Å². The Bertz CT molecular complexity index is 438. The second-order valence-corrected chi connectivity index (χ2v) is 5.64. The van der Waals surface area contributed by atoms with Gasteiger partial charge in [-0.25, -0.2) is 0 Å². The second-order valence-electron chi connectivity index (χ2n) is 5.64. The van der Waals surface area contributed by atoms with Gasteiger partial charge in [-0.1, -0.05) is 12.8 Å². The van der Waals surface area contributed by atoms with Crippen LogP contribution in [-0.4, -0.2) is 35.0 Å². The summed E-state index contributed by atoms with van der Waals surface area (Å²) in [5.74, 6) is 0.438. The maximum absolute atomic E-state index is 11.0. The first-order valence-electron chi connectivity index (χ1n) is 7.15. The molecule has 1 aromatic heterocycles. The molecule has 0 amide bonds. The molecule has 1 N–H and O–H groups in total. The van der Waals surface area contributed by atoms with Crippen LogP contribution in [0.25, 0.3) is 0 Å². The molecule has 0 spiro atoms. The van der Waals surface area contributed by atoms with Crippen LogP contribution in [0.4, 0.5) is 0 Å². The van der Waals surface area contributed by atoms with E-state index in [2.05, 4.69) is 10.2 Å². The SMILES string of the molecule is COCCCc1nnc(CC2(CC(=O)O)CCCC2)o1. The van der Waals surface area contributed by atoms with Crippen LogP contribution < -0.4 is 0 Å². The lowest BCUT2D eigenvalue weighted by molar-refractivity contribution is -0.139. The van der Waals surface area contributed by atoms with Gasteiger partial charge in [-0.3, -0.25) is 4.79 Å². The molecule has 6 heteroatoms. The zero-order valence-corrected chi connectivity index (χ0v) is 11.9. The highest BCUT2D eigenvalue weighted by molar-refractivity contribution is 5.67. The number of carboxylic acids is 1. The second kappa shape index (κ2) is 6.83. The summed E-state index contributed by atoms with van der Waals surface area (Å²) in [4.78, 5) is 11.0. The Morgan fingerprint density at radius 2 is 2.05 bits per heavy atom. The number of methoxy groups -OCH3 is 1. The van der Waals surface area contributed by atoms with E-state index in [0.717, 1.165) is 32.1 Å². The monoisotopic (exact) mass is 282 g/mol. The number of aromatic nitrogens is 2. The molecule has 0 saturated heterocycles. The largest absolute Gasteiger partial charge is 0.481 e. The third-order valence-electron chi connectivity index (χ3n) is 3.96. The number of carboxylic acid groups (broad SMARTS) is 1. The van der Waals surface area contributed by atoms with E-state index in [1.807, 2.05) is 0 Å². The van der Waals surface area contributed by atoms with Gasteiger partial charge in [-0.05, 0) is 24.7 Å². The van der Waals surface area contributed by atoms with Crippen LogP contribution in [0, 0.1) is 5.41 Å². The normalized spacial score (nSPS) is 17.4. The number of hydrogen-bond acceptors (Lipinski definition) is 5. The summed E-state index contributed by atoms with van der Waals surface area (Å²) in [7, 11) is 1.66. The third kappa shape index (κ3) is 4.03. The van der Waals surface area contributed by atoms with Gasteiger partial charge in [0, 0.05) is 26.6 Å². The summed E-state index contributed by atoms with van der Waals surface area (Å²) in [5.41, 5.74) is -0.192. The average molecular weight is 282 g/mol. The molecule has 1 aliphatic rings. The van der Waals surface area contributed by atoms with Gasteiger partial charge in [0.2, 0.25) is 11.8 Å². The standard InChI is InChI=1S/C14H22N2O4/c1-19-8-4-5-11-15-16-12(20-11)9-14(10-13(17)18)6-2-3-7-14/h2-10H2,1H3,(H,17,18). The predicted molar refractivity (Wildman–Crippen MR) is 71.4 cm³/mol. The molecular formula is C14H22N2O4. The number of ether oxygens (including phenoxy) is 1. The van der Waals surface area contributed by atoms with Crippen molar-refractivity contribution < 1.29 is 19.1 Å². The van der Waals surface area contributed by atoms with Crippen molar-refractivity contribution >= 4 is 5.97 Å². The molecule has 0 aliphatic heterocycles. The Balaban J connectivity index is 1.95. The summed E-state index contributed by atoms with van der Waals surface area (Å²) in [6, 6.07) is 0. The highest BCUT2D eigenvalue weighted by Crippen LogP contribution is 2.43. The number of hydrogen-bond donors (Lipinski definition) is 1. The molecular weight excluding hydrogens is 260 g/mol. The molecule has 1 aliphatic carbocycles. The molecule has 6 nitrogen and oxygen atoms in total. The van der Waals surface area contributed by atoms with Crippen molar-refractivity contribution in [1.29, 1.82) is 0 Å². The zero-order valence-electron chi connectivity index (χ0n) is 11.9. The predicted octanol–water partition coefficient (Wildman–Crippen LogP) is 2.23. The quantitative estimate of drug-likeness (QED) is 0.736. The number of rotatable bonds is 8. The van der Waals surface area contributed by atoms with E-state index in [9.17, 15) is 4.79 Å². The van der Waals surface area contributed by atoms with Crippen molar-refractivity contribution in [2.45, 2.75) is 51.4 Å². The molecule has 1 saturated carbocycles. The van der Waals surface area contributed by atoms with Crippen molar-refractivity contribution in [3.05, 3.63) is 11.8 Å². The van der Waals surface area contributed by atoms with Gasteiger partial charge in [0.1, 0.15) is 0 Å². The first-order chi connectivity index (χ1) is 9.63. The van der Waals surface area contributed by atoms with Crippen LogP contribution in [0.15, 0.2) is 4.42 Å². The van der Waals surface area contributed by atoms with Crippen molar-refractivity contribution in [3.63, 3.8) is 0 Å². The van der Waals surface area contributed by atoms with Gasteiger partial charge in [-0.15, -0.1) is 10.2 Å². The molecule has 1 fully saturated rings. The Morgan fingerprint density at radius 3 is 2.70 bits per heavy atom. The fourth-order valence-corrected chi connectivity index (χ4v) is 3.01. The number of nitrogens with zero attached hydrogens (tertiary/aromatic N) is 2. The van der Waals surface area contributed by atoms with Crippen LogP contribution in [0.5, 0.6) is 0 Å². The van der Waals surface area contributed by atoms with Gasteiger partial charge < -0.3 is 14.3 Å². The number of aryl methyl sites for hydroxylation is 1. The van der Waals surface area contributed by atoms with Crippen LogP contribution in [0.3, 0.4) is 0 Å². The molecule has 0 atom stereocenters. The van der Waals surface area contributed by atoms with Gasteiger partial charge in [0.15, 0.2) is 0 Å². The Morgan fingerprint density at radius 1 is 1.35 bits per heavy atom. The van der Waals surface area contributed by atoms with Crippen LogP contribution in [0.2, 0.25) is 0 Å². The molecule has 0 bridgehead atoms. The zero-order chi connectivity index (χ0) is 14.4.